The summed E-state index contributed by atoms with van der Waals surface area (Å²) in [5.41, 5.74) is -0.151. The van der Waals surface area contributed by atoms with E-state index >= 15 is 0 Å². The minimum atomic E-state index is -1.68. The van der Waals surface area contributed by atoms with E-state index in [1.165, 1.54) is 51.9 Å². The van der Waals surface area contributed by atoms with E-state index in [9.17, 15) is 30.3 Å². The van der Waals surface area contributed by atoms with Gasteiger partial charge >= 0.3 is 0 Å². The normalized spacial score (nSPS) is 23.9. The minimum absolute atomic E-state index is 0.0440. The molecule has 2 heterocycles. The number of benzene rings is 2. The molecule has 1 saturated heterocycles. The molecule has 194 valence electrons. The maximum Gasteiger partial charge on any atom is 0.229 e. The number of aromatic hydroxyl groups is 1. The van der Waals surface area contributed by atoms with E-state index in [-0.39, 0.29) is 45.1 Å². The highest BCUT2D eigenvalue weighted by atomic mass is 16.7. The molecule has 1 aliphatic heterocycles. The van der Waals surface area contributed by atoms with Gasteiger partial charge in [0, 0.05) is 12.1 Å². The van der Waals surface area contributed by atoms with Gasteiger partial charge in [0.2, 0.25) is 17.5 Å². The lowest BCUT2D eigenvalue weighted by molar-refractivity contribution is -0.277. The van der Waals surface area contributed by atoms with Gasteiger partial charge in [-0.3, -0.25) is 4.79 Å². The molecule has 12 nitrogen and oxygen atoms in total. The quantitative estimate of drug-likeness (QED) is 0.298. The highest BCUT2D eigenvalue weighted by molar-refractivity contribution is 5.88. The fourth-order valence-electron chi connectivity index (χ4n) is 3.99. The van der Waals surface area contributed by atoms with Crippen LogP contribution >= 0.6 is 0 Å². The Balaban J connectivity index is 1.81. The molecule has 0 bridgehead atoms. The number of aliphatic hydroxyl groups excluding tert-OH is 4. The smallest absolute Gasteiger partial charge is 0.229 e. The van der Waals surface area contributed by atoms with Crippen LogP contribution in [-0.4, -0.2) is 84.2 Å². The molecule has 0 saturated carbocycles. The summed E-state index contributed by atoms with van der Waals surface area (Å²) in [4.78, 5) is 13.3. The van der Waals surface area contributed by atoms with E-state index in [1.54, 1.807) is 0 Å². The van der Waals surface area contributed by atoms with Crippen molar-refractivity contribution in [3.63, 3.8) is 0 Å². The summed E-state index contributed by atoms with van der Waals surface area (Å²) in [6, 6.07) is 5.62. The average molecular weight is 506 g/mol. The standard InChI is InChI=1S/C24H26O12/c1-31-11-6-13(26)18-14(7-11)34-9-12(19(18)27)10-4-15(32-2)23(33-3)16(5-10)35-24-22(30)21(29)20(28)17(8-25)36-24/h4-7,9,17,20-22,24-26,28-30H,8H2,1-3H3/t17-,20-,21+,22-,24-/m1/s1. The molecule has 1 aliphatic rings. The zero-order valence-electron chi connectivity index (χ0n) is 19.6. The second kappa shape index (κ2) is 10.2. The molecule has 0 spiro atoms. The Morgan fingerprint density at radius 1 is 0.917 bits per heavy atom. The van der Waals surface area contributed by atoms with E-state index in [0.29, 0.717) is 5.75 Å². The molecule has 0 radical (unpaired) electrons. The van der Waals surface area contributed by atoms with Gasteiger partial charge in [-0.15, -0.1) is 0 Å². The topological polar surface area (TPSA) is 178 Å². The summed E-state index contributed by atoms with van der Waals surface area (Å²) in [7, 11) is 4.11. The van der Waals surface area contributed by atoms with Gasteiger partial charge in [0.05, 0.1) is 33.5 Å². The van der Waals surface area contributed by atoms with Crippen LogP contribution in [0.5, 0.6) is 28.7 Å². The molecule has 3 aromatic rings. The Labute approximate surface area is 204 Å². The molecule has 1 fully saturated rings. The Hall–Kier alpha value is -3.55. The molecule has 2 aromatic carbocycles. The maximum absolute atomic E-state index is 13.3. The summed E-state index contributed by atoms with van der Waals surface area (Å²) >= 11 is 0. The number of hydrogen-bond donors (Lipinski definition) is 5. The van der Waals surface area contributed by atoms with E-state index in [4.69, 9.17) is 28.1 Å². The van der Waals surface area contributed by atoms with Gasteiger partial charge in [-0.25, -0.2) is 0 Å². The monoisotopic (exact) mass is 506 g/mol. The summed E-state index contributed by atoms with van der Waals surface area (Å²) < 4.78 is 32.6. The van der Waals surface area contributed by atoms with Crippen LogP contribution in [0.3, 0.4) is 0 Å². The first-order valence-electron chi connectivity index (χ1n) is 10.8. The number of fused-ring (bicyclic) bond motifs is 1. The van der Waals surface area contributed by atoms with Crippen LogP contribution in [0.2, 0.25) is 0 Å². The third kappa shape index (κ3) is 4.40. The first-order chi connectivity index (χ1) is 17.2. The molecule has 0 aliphatic carbocycles. The summed E-state index contributed by atoms with van der Waals surface area (Å²) in [6.07, 6.45) is -6.43. The van der Waals surface area contributed by atoms with Gasteiger partial charge in [0.1, 0.15) is 53.1 Å². The predicted molar refractivity (Wildman–Crippen MR) is 124 cm³/mol. The maximum atomic E-state index is 13.3. The molecule has 5 N–H and O–H groups in total. The number of hydrogen-bond acceptors (Lipinski definition) is 12. The second-order valence-corrected chi connectivity index (χ2v) is 8.02. The first kappa shape index (κ1) is 25.5. The number of methoxy groups -OCH3 is 3. The minimum Gasteiger partial charge on any atom is -0.507 e. The highest BCUT2D eigenvalue weighted by Crippen LogP contribution is 2.42. The van der Waals surface area contributed by atoms with Crippen molar-refractivity contribution >= 4 is 11.0 Å². The van der Waals surface area contributed by atoms with E-state index in [0.717, 1.165) is 0 Å². The van der Waals surface area contributed by atoms with E-state index < -0.39 is 42.7 Å². The van der Waals surface area contributed by atoms with Crippen LogP contribution in [0.4, 0.5) is 0 Å². The molecular weight excluding hydrogens is 480 g/mol. The average Bonchev–Trinajstić information content (AvgIpc) is 2.88. The molecule has 0 amide bonds. The number of phenolic OH excluding ortho intramolecular Hbond substituents is 1. The Morgan fingerprint density at radius 3 is 2.28 bits per heavy atom. The van der Waals surface area contributed by atoms with Crippen molar-refractivity contribution in [2.75, 3.05) is 27.9 Å². The summed E-state index contributed by atoms with van der Waals surface area (Å²) in [5.74, 6) is 0.147. The number of aliphatic hydroxyl groups is 4. The molecule has 36 heavy (non-hydrogen) atoms. The Kier molecular flexibility index (Phi) is 7.24. The highest BCUT2D eigenvalue weighted by Gasteiger charge is 2.45. The summed E-state index contributed by atoms with van der Waals surface area (Å²) in [5, 5.41) is 50.3. The first-order valence-corrected chi connectivity index (χ1v) is 10.8. The second-order valence-electron chi connectivity index (χ2n) is 8.02. The lowest BCUT2D eigenvalue weighted by Crippen LogP contribution is -2.60. The molecule has 1 aromatic heterocycles. The Morgan fingerprint density at radius 2 is 1.64 bits per heavy atom. The third-order valence-corrected chi connectivity index (χ3v) is 5.91. The molecule has 0 unspecified atom stereocenters. The van der Waals surface area contributed by atoms with Crippen LogP contribution in [-0.2, 0) is 4.74 Å². The molecule has 4 rings (SSSR count). The van der Waals surface area contributed by atoms with E-state index in [2.05, 4.69) is 0 Å². The van der Waals surface area contributed by atoms with Gasteiger partial charge in [-0.1, -0.05) is 0 Å². The fourth-order valence-corrected chi connectivity index (χ4v) is 3.99. The van der Waals surface area contributed by atoms with Crippen LogP contribution in [0, 0.1) is 0 Å². The number of ether oxygens (including phenoxy) is 5. The molecular formula is C24H26O12. The van der Waals surface area contributed by atoms with Crippen molar-refractivity contribution in [2.24, 2.45) is 0 Å². The largest absolute Gasteiger partial charge is 0.507 e. The van der Waals surface area contributed by atoms with E-state index in [1.807, 2.05) is 0 Å². The molecule has 5 atom stereocenters. The Bertz CT molecular complexity index is 1300. The van der Waals surface area contributed by atoms with Gasteiger partial charge in [-0.05, 0) is 17.7 Å². The van der Waals surface area contributed by atoms with Gasteiger partial charge in [0.15, 0.2) is 11.5 Å². The van der Waals surface area contributed by atoms with Crippen molar-refractivity contribution in [3.05, 3.63) is 40.8 Å². The van der Waals surface area contributed by atoms with Crippen molar-refractivity contribution < 1.29 is 53.6 Å². The van der Waals surface area contributed by atoms with Crippen molar-refractivity contribution in [3.8, 4) is 39.9 Å². The van der Waals surface area contributed by atoms with Crippen LogP contribution in [0.1, 0.15) is 0 Å². The van der Waals surface area contributed by atoms with Crippen LogP contribution < -0.4 is 24.4 Å². The van der Waals surface area contributed by atoms with Gasteiger partial charge in [0.25, 0.3) is 0 Å². The zero-order chi connectivity index (χ0) is 26.1. The lowest BCUT2D eigenvalue weighted by Gasteiger charge is -2.39. The van der Waals surface area contributed by atoms with Gasteiger partial charge in [-0.2, -0.15) is 0 Å². The van der Waals surface area contributed by atoms with Crippen molar-refractivity contribution in [1.82, 2.24) is 0 Å². The zero-order valence-corrected chi connectivity index (χ0v) is 19.6. The van der Waals surface area contributed by atoms with Crippen LogP contribution in [0.25, 0.3) is 22.1 Å². The fraction of sp³-hybridized carbons (Fsp3) is 0.375. The summed E-state index contributed by atoms with van der Waals surface area (Å²) in [6.45, 7) is -0.641. The van der Waals surface area contributed by atoms with Gasteiger partial charge < -0.3 is 53.6 Å². The SMILES string of the molecule is COc1cc(O)c2c(=O)c(-c3cc(OC)c(OC)c(O[C@@H]4O[C@H](CO)[C@@H](O)[C@H](O)[C@H]4O)c3)coc2c1. The predicted octanol–water partition coefficient (Wildman–Crippen LogP) is 0.370. The van der Waals surface area contributed by atoms with Crippen molar-refractivity contribution in [1.29, 1.82) is 0 Å². The van der Waals surface area contributed by atoms with Crippen LogP contribution in [0.15, 0.2) is 39.7 Å². The number of phenols is 1. The third-order valence-electron chi connectivity index (χ3n) is 5.91. The van der Waals surface area contributed by atoms with Crippen molar-refractivity contribution in [2.45, 2.75) is 30.7 Å². The molecule has 12 heteroatoms. The number of rotatable bonds is 7. The lowest BCUT2D eigenvalue weighted by atomic mass is 9.99.